The first-order chi connectivity index (χ1) is 10.2. The van der Waals surface area contributed by atoms with Crippen LogP contribution in [0.5, 0.6) is 0 Å². The van der Waals surface area contributed by atoms with Crippen molar-refractivity contribution in [3.05, 3.63) is 48.0 Å². The highest BCUT2D eigenvalue weighted by Gasteiger charge is 2.15. The second kappa shape index (κ2) is 5.69. The van der Waals surface area contributed by atoms with E-state index in [2.05, 4.69) is 17.0 Å². The molecule has 0 aliphatic rings. The highest BCUT2D eigenvalue weighted by molar-refractivity contribution is 5.75. The topological polar surface area (TPSA) is 55.9 Å². The van der Waals surface area contributed by atoms with E-state index in [-0.39, 0.29) is 0 Å². The van der Waals surface area contributed by atoms with E-state index in [1.807, 2.05) is 46.8 Å². The standard InChI is InChI=1S/C16H20N4O/c1-3-8-20-11-12(10-17-20)15(21)9-16-18-13-6-4-5-7-14(13)19(16)2/h4-7,10-11,15,21H,3,8-9H2,1-2H3. The van der Waals surface area contributed by atoms with Crippen molar-refractivity contribution in [3.8, 4) is 0 Å². The Morgan fingerprint density at radius 2 is 2.10 bits per heavy atom. The summed E-state index contributed by atoms with van der Waals surface area (Å²) in [6, 6.07) is 8.01. The molecule has 0 spiro atoms. The van der Waals surface area contributed by atoms with Crippen LogP contribution < -0.4 is 0 Å². The highest BCUT2D eigenvalue weighted by Crippen LogP contribution is 2.20. The Balaban J connectivity index is 1.82. The number of para-hydroxylation sites is 2. The molecule has 2 aromatic heterocycles. The molecule has 0 saturated carbocycles. The van der Waals surface area contributed by atoms with Gasteiger partial charge in [0.15, 0.2) is 0 Å². The molecule has 0 fully saturated rings. The molecule has 3 aromatic rings. The monoisotopic (exact) mass is 284 g/mol. The second-order valence-electron chi connectivity index (χ2n) is 5.33. The fourth-order valence-electron chi connectivity index (χ4n) is 2.57. The van der Waals surface area contributed by atoms with Crippen LogP contribution in [0.4, 0.5) is 0 Å². The summed E-state index contributed by atoms with van der Waals surface area (Å²) in [5, 5.41) is 14.7. The summed E-state index contributed by atoms with van der Waals surface area (Å²) >= 11 is 0. The summed E-state index contributed by atoms with van der Waals surface area (Å²) in [4.78, 5) is 4.60. The Labute approximate surface area is 123 Å². The molecule has 0 saturated heterocycles. The molecule has 0 aliphatic heterocycles. The number of aliphatic hydroxyl groups is 1. The van der Waals surface area contributed by atoms with Gasteiger partial charge in [-0.25, -0.2) is 4.98 Å². The molecular weight excluding hydrogens is 264 g/mol. The van der Waals surface area contributed by atoms with Crippen LogP contribution in [0.25, 0.3) is 11.0 Å². The third kappa shape index (κ3) is 2.69. The molecule has 5 heteroatoms. The molecule has 0 amide bonds. The maximum Gasteiger partial charge on any atom is 0.112 e. The number of imidazole rings is 1. The van der Waals surface area contributed by atoms with Gasteiger partial charge in [0.25, 0.3) is 0 Å². The fraction of sp³-hybridized carbons (Fsp3) is 0.375. The number of rotatable bonds is 5. The molecular formula is C16H20N4O. The summed E-state index contributed by atoms with van der Waals surface area (Å²) in [6.45, 7) is 2.98. The Morgan fingerprint density at radius 1 is 1.29 bits per heavy atom. The molecule has 0 radical (unpaired) electrons. The lowest BCUT2D eigenvalue weighted by atomic mass is 10.1. The second-order valence-corrected chi connectivity index (χ2v) is 5.33. The first-order valence-corrected chi connectivity index (χ1v) is 7.29. The number of benzene rings is 1. The number of hydrogen-bond acceptors (Lipinski definition) is 3. The van der Waals surface area contributed by atoms with Crippen molar-refractivity contribution in [2.45, 2.75) is 32.4 Å². The molecule has 0 bridgehead atoms. The third-order valence-electron chi connectivity index (χ3n) is 3.75. The number of aromatic nitrogens is 4. The van der Waals surface area contributed by atoms with E-state index in [0.29, 0.717) is 6.42 Å². The van der Waals surface area contributed by atoms with E-state index in [1.54, 1.807) is 6.20 Å². The minimum Gasteiger partial charge on any atom is -0.388 e. The summed E-state index contributed by atoms with van der Waals surface area (Å²) in [7, 11) is 1.98. The van der Waals surface area contributed by atoms with Gasteiger partial charge in [-0.05, 0) is 18.6 Å². The van der Waals surface area contributed by atoms with Gasteiger partial charge in [0.2, 0.25) is 0 Å². The quantitative estimate of drug-likeness (QED) is 0.783. The lowest BCUT2D eigenvalue weighted by Crippen LogP contribution is -2.06. The van der Waals surface area contributed by atoms with Crippen LogP contribution in [-0.2, 0) is 20.0 Å². The van der Waals surface area contributed by atoms with Crippen LogP contribution in [0.1, 0.15) is 30.8 Å². The van der Waals surface area contributed by atoms with Gasteiger partial charge in [0.05, 0.1) is 23.3 Å². The van der Waals surface area contributed by atoms with Crippen LogP contribution in [0, 0.1) is 0 Å². The van der Waals surface area contributed by atoms with Crippen LogP contribution in [0.3, 0.4) is 0 Å². The van der Waals surface area contributed by atoms with Gasteiger partial charge in [0, 0.05) is 31.8 Å². The van der Waals surface area contributed by atoms with E-state index < -0.39 is 6.10 Å². The molecule has 3 rings (SSSR count). The van der Waals surface area contributed by atoms with Crippen molar-refractivity contribution in [1.29, 1.82) is 0 Å². The molecule has 1 unspecified atom stereocenters. The number of fused-ring (bicyclic) bond motifs is 1. The van der Waals surface area contributed by atoms with E-state index in [4.69, 9.17) is 0 Å². The van der Waals surface area contributed by atoms with Crippen molar-refractivity contribution in [3.63, 3.8) is 0 Å². The zero-order valence-electron chi connectivity index (χ0n) is 12.4. The zero-order valence-corrected chi connectivity index (χ0v) is 12.4. The summed E-state index contributed by atoms with van der Waals surface area (Å²) in [6.07, 6.45) is 4.59. The Kier molecular flexibility index (Phi) is 3.75. The zero-order chi connectivity index (χ0) is 14.8. The van der Waals surface area contributed by atoms with Gasteiger partial charge < -0.3 is 9.67 Å². The Hall–Kier alpha value is -2.14. The number of aryl methyl sites for hydroxylation is 2. The van der Waals surface area contributed by atoms with Crippen molar-refractivity contribution < 1.29 is 5.11 Å². The fourth-order valence-corrected chi connectivity index (χ4v) is 2.57. The maximum atomic E-state index is 10.4. The van der Waals surface area contributed by atoms with Crippen molar-refractivity contribution in [2.24, 2.45) is 7.05 Å². The average Bonchev–Trinajstić information content (AvgIpc) is 3.06. The van der Waals surface area contributed by atoms with E-state index in [1.165, 1.54) is 0 Å². The van der Waals surface area contributed by atoms with E-state index in [9.17, 15) is 5.11 Å². The van der Waals surface area contributed by atoms with Crippen LogP contribution in [0.2, 0.25) is 0 Å². The smallest absolute Gasteiger partial charge is 0.112 e. The lowest BCUT2D eigenvalue weighted by Gasteiger charge is -2.08. The number of aliphatic hydroxyl groups excluding tert-OH is 1. The largest absolute Gasteiger partial charge is 0.388 e. The first-order valence-electron chi connectivity index (χ1n) is 7.29. The molecule has 110 valence electrons. The lowest BCUT2D eigenvalue weighted by molar-refractivity contribution is 0.175. The Morgan fingerprint density at radius 3 is 2.86 bits per heavy atom. The SMILES string of the molecule is CCCn1cc(C(O)Cc2nc3ccccc3n2C)cn1. The van der Waals surface area contributed by atoms with Gasteiger partial charge in [0.1, 0.15) is 5.82 Å². The number of nitrogens with zero attached hydrogens (tertiary/aromatic N) is 4. The maximum absolute atomic E-state index is 10.4. The first kappa shape index (κ1) is 13.8. The van der Waals surface area contributed by atoms with Crippen LogP contribution in [-0.4, -0.2) is 24.4 Å². The molecule has 1 N–H and O–H groups in total. The molecule has 2 heterocycles. The van der Waals surface area contributed by atoms with Gasteiger partial charge in [-0.3, -0.25) is 4.68 Å². The molecule has 5 nitrogen and oxygen atoms in total. The minimum absolute atomic E-state index is 0.489. The van der Waals surface area contributed by atoms with Gasteiger partial charge in [-0.2, -0.15) is 5.10 Å². The van der Waals surface area contributed by atoms with Crippen LogP contribution in [0.15, 0.2) is 36.7 Å². The normalized spacial score (nSPS) is 12.9. The summed E-state index contributed by atoms with van der Waals surface area (Å²) in [5.74, 6) is 0.881. The number of hydrogen-bond donors (Lipinski definition) is 1. The van der Waals surface area contributed by atoms with Gasteiger partial charge >= 0.3 is 0 Å². The highest BCUT2D eigenvalue weighted by atomic mass is 16.3. The summed E-state index contributed by atoms with van der Waals surface area (Å²) in [5.41, 5.74) is 2.89. The van der Waals surface area contributed by atoms with Gasteiger partial charge in [-0.1, -0.05) is 19.1 Å². The molecule has 1 atom stereocenters. The van der Waals surface area contributed by atoms with E-state index in [0.717, 1.165) is 35.4 Å². The van der Waals surface area contributed by atoms with Gasteiger partial charge in [-0.15, -0.1) is 0 Å². The Bertz CT molecular complexity index is 744. The molecule has 0 aliphatic carbocycles. The average molecular weight is 284 g/mol. The predicted molar refractivity (Wildman–Crippen MR) is 81.9 cm³/mol. The minimum atomic E-state index is -0.578. The molecule has 21 heavy (non-hydrogen) atoms. The van der Waals surface area contributed by atoms with Crippen LogP contribution >= 0.6 is 0 Å². The van der Waals surface area contributed by atoms with Crippen molar-refractivity contribution in [2.75, 3.05) is 0 Å². The predicted octanol–water partition coefficient (Wildman–Crippen LogP) is 2.46. The molecule has 1 aromatic carbocycles. The third-order valence-corrected chi connectivity index (χ3v) is 3.75. The van der Waals surface area contributed by atoms with E-state index >= 15 is 0 Å². The van der Waals surface area contributed by atoms with Crippen molar-refractivity contribution in [1.82, 2.24) is 19.3 Å². The van der Waals surface area contributed by atoms with Crippen molar-refractivity contribution >= 4 is 11.0 Å². The summed E-state index contributed by atoms with van der Waals surface area (Å²) < 4.78 is 3.91.